The highest BCUT2D eigenvalue weighted by Gasteiger charge is 2.18. The molecule has 2 aromatic heterocycles. The van der Waals surface area contributed by atoms with Crippen LogP contribution in [0.25, 0.3) is 10.2 Å². The number of hydrogen-bond donors (Lipinski definition) is 2. The summed E-state index contributed by atoms with van der Waals surface area (Å²) in [6.07, 6.45) is 3.26. The Labute approximate surface area is 106 Å². The quantitative estimate of drug-likeness (QED) is 0.720. The van der Waals surface area contributed by atoms with Gasteiger partial charge in [0.1, 0.15) is 10.6 Å². The van der Waals surface area contributed by atoms with Crippen molar-refractivity contribution in [2.45, 2.75) is 19.3 Å². The zero-order chi connectivity index (χ0) is 11.3. The van der Waals surface area contributed by atoms with Gasteiger partial charge in [0, 0.05) is 0 Å². The summed E-state index contributed by atoms with van der Waals surface area (Å²) in [5, 5.41) is 1.03. The summed E-state index contributed by atoms with van der Waals surface area (Å²) in [4.78, 5) is 8.09. The third-order valence-electron chi connectivity index (χ3n) is 2.88. The Morgan fingerprint density at radius 3 is 2.81 bits per heavy atom. The van der Waals surface area contributed by atoms with E-state index in [0.29, 0.717) is 10.6 Å². The van der Waals surface area contributed by atoms with Crippen LogP contribution >= 0.6 is 35.8 Å². The number of rotatable bonds is 0. The van der Waals surface area contributed by atoms with Crippen LogP contribution in [0.2, 0.25) is 0 Å². The van der Waals surface area contributed by atoms with E-state index >= 15 is 0 Å². The zero-order valence-corrected chi connectivity index (χ0v) is 10.8. The minimum Gasteiger partial charge on any atom is -0.385 e. The molecule has 16 heavy (non-hydrogen) atoms. The van der Waals surface area contributed by atoms with Crippen molar-refractivity contribution in [3.8, 4) is 0 Å². The van der Waals surface area contributed by atoms with Gasteiger partial charge in [0.25, 0.3) is 0 Å². The SMILES string of the molecule is Nc1[nH]c(=S)nc2sc(=S)c3c(c12)CCC3. The predicted molar refractivity (Wildman–Crippen MR) is 72.1 cm³/mol. The summed E-state index contributed by atoms with van der Waals surface area (Å²) in [7, 11) is 0. The Kier molecular flexibility index (Phi) is 2.31. The molecule has 0 radical (unpaired) electrons. The second kappa shape index (κ2) is 3.58. The van der Waals surface area contributed by atoms with Crippen molar-refractivity contribution >= 4 is 51.8 Å². The van der Waals surface area contributed by atoms with Crippen molar-refractivity contribution < 1.29 is 0 Å². The number of hydrogen-bond acceptors (Lipinski definition) is 5. The number of aromatic nitrogens is 2. The molecule has 1 aliphatic rings. The van der Waals surface area contributed by atoms with Gasteiger partial charge in [0.05, 0.1) is 9.21 Å². The fraction of sp³-hybridized carbons (Fsp3) is 0.300. The lowest BCUT2D eigenvalue weighted by atomic mass is 10.1. The Balaban J connectivity index is 2.58. The van der Waals surface area contributed by atoms with E-state index in [2.05, 4.69) is 9.97 Å². The molecule has 0 saturated carbocycles. The standard InChI is InChI=1S/C10H9N3S3/c11-7-6-4-2-1-3-5(4)9(14)16-8(6)13-10(15)12-7/h1-3H2,(H3,11,12,13,15). The number of fused-ring (bicyclic) bond motifs is 3. The van der Waals surface area contributed by atoms with Crippen LogP contribution in [0.1, 0.15) is 17.5 Å². The number of nitrogen functional groups attached to an aromatic ring is 1. The molecule has 0 bridgehead atoms. The van der Waals surface area contributed by atoms with Crippen LogP contribution < -0.4 is 5.73 Å². The van der Waals surface area contributed by atoms with Crippen LogP contribution in [-0.4, -0.2) is 9.97 Å². The van der Waals surface area contributed by atoms with Gasteiger partial charge in [-0.15, -0.1) is 11.3 Å². The van der Waals surface area contributed by atoms with Crippen LogP contribution in [0.3, 0.4) is 0 Å². The molecule has 0 aliphatic heterocycles. The van der Waals surface area contributed by atoms with Gasteiger partial charge in [-0.25, -0.2) is 4.98 Å². The fourth-order valence-electron chi connectivity index (χ4n) is 2.23. The lowest BCUT2D eigenvalue weighted by Crippen LogP contribution is -1.97. The first-order valence-electron chi connectivity index (χ1n) is 5.01. The Morgan fingerprint density at radius 2 is 2.00 bits per heavy atom. The van der Waals surface area contributed by atoms with Crippen molar-refractivity contribution in [3.63, 3.8) is 0 Å². The molecule has 0 aromatic carbocycles. The van der Waals surface area contributed by atoms with E-state index in [4.69, 9.17) is 30.2 Å². The molecule has 3 N–H and O–H groups in total. The summed E-state index contributed by atoms with van der Waals surface area (Å²) >= 11 is 11.9. The summed E-state index contributed by atoms with van der Waals surface area (Å²) < 4.78 is 1.36. The molecule has 0 spiro atoms. The summed E-state index contributed by atoms with van der Waals surface area (Å²) in [5.41, 5.74) is 8.55. The molecule has 2 aromatic rings. The first kappa shape index (κ1) is 10.3. The fourth-order valence-corrected chi connectivity index (χ4v) is 3.95. The molecule has 2 heterocycles. The van der Waals surface area contributed by atoms with Crippen LogP contribution in [0.4, 0.5) is 5.82 Å². The van der Waals surface area contributed by atoms with Crippen molar-refractivity contribution in [1.29, 1.82) is 0 Å². The molecular formula is C10H9N3S3. The highest BCUT2D eigenvalue weighted by atomic mass is 32.1. The monoisotopic (exact) mass is 267 g/mol. The number of H-pyrrole nitrogens is 1. The highest BCUT2D eigenvalue weighted by molar-refractivity contribution is 7.73. The van der Waals surface area contributed by atoms with Crippen molar-refractivity contribution in [2.24, 2.45) is 0 Å². The van der Waals surface area contributed by atoms with E-state index < -0.39 is 0 Å². The maximum atomic E-state index is 5.99. The molecule has 0 saturated heterocycles. The van der Waals surface area contributed by atoms with Crippen LogP contribution in [-0.2, 0) is 12.8 Å². The average Bonchev–Trinajstić information content (AvgIpc) is 2.65. The topological polar surface area (TPSA) is 54.7 Å². The molecule has 0 amide bonds. The highest BCUT2D eigenvalue weighted by Crippen LogP contribution is 2.35. The summed E-state index contributed by atoms with van der Waals surface area (Å²) in [6.45, 7) is 0. The molecule has 3 rings (SSSR count). The van der Waals surface area contributed by atoms with Gasteiger partial charge in [-0.05, 0) is 42.6 Å². The van der Waals surface area contributed by atoms with E-state index in [1.165, 1.54) is 22.5 Å². The second-order valence-electron chi connectivity index (χ2n) is 3.84. The predicted octanol–water partition coefficient (Wildman–Crippen LogP) is 3.15. The summed E-state index contributed by atoms with van der Waals surface area (Å²) in [5.74, 6) is 0.624. The Bertz CT molecular complexity index is 699. The molecule has 1 aliphatic carbocycles. The van der Waals surface area contributed by atoms with Gasteiger partial charge in [0.2, 0.25) is 0 Å². The number of anilines is 1. The molecule has 6 heteroatoms. The minimum atomic E-state index is 0.425. The van der Waals surface area contributed by atoms with Crippen LogP contribution in [0.15, 0.2) is 0 Å². The Morgan fingerprint density at radius 1 is 1.25 bits per heavy atom. The lowest BCUT2D eigenvalue weighted by Gasteiger charge is -2.06. The number of nitrogens with one attached hydrogen (secondary N) is 1. The molecule has 0 fully saturated rings. The lowest BCUT2D eigenvalue weighted by molar-refractivity contribution is 0.913. The Hall–Kier alpha value is -0.850. The first-order valence-corrected chi connectivity index (χ1v) is 6.64. The molecular weight excluding hydrogens is 258 g/mol. The van der Waals surface area contributed by atoms with Gasteiger partial charge in [-0.2, -0.15) is 0 Å². The van der Waals surface area contributed by atoms with Crippen molar-refractivity contribution in [1.82, 2.24) is 9.97 Å². The van der Waals surface area contributed by atoms with E-state index in [9.17, 15) is 0 Å². The molecule has 82 valence electrons. The van der Waals surface area contributed by atoms with E-state index in [-0.39, 0.29) is 0 Å². The third-order valence-corrected chi connectivity index (χ3v) is 4.49. The largest absolute Gasteiger partial charge is 0.385 e. The van der Waals surface area contributed by atoms with E-state index in [0.717, 1.165) is 33.3 Å². The average molecular weight is 267 g/mol. The number of aromatic amines is 1. The normalized spacial score (nSPS) is 14.2. The van der Waals surface area contributed by atoms with Gasteiger partial charge in [0.15, 0.2) is 4.77 Å². The maximum Gasteiger partial charge on any atom is 0.199 e. The second-order valence-corrected chi connectivity index (χ2v) is 5.89. The number of nitrogens with two attached hydrogens (primary N) is 1. The van der Waals surface area contributed by atoms with Crippen LogP contribution in [0, 0.1) is 8.59 Å². The minimum absolute atomic E-state index is 0.425. The molecule has 0 unspecified atom stereocenters. The van der Waals surface area contributed by atoms with Gasteiger partial charge in [-0.3, -0.25) is 0 Å². The van der Waals surface area contributed by atoms with Crippen LogP contribution in [0.5, 0.6) is 0 Å². The molecule has 0 atom stereocenters. The van der Waals surface area contributed by atoms with E-state index in [1.54, 1.807) is 0 Å². The van der Waals surface area contributed by atoms with Crippen molar-refractivity contribution in [3.05, 3.63) is 19.7 Å². The number of nitrogens with zero attached hydrogens (tertiary/aromatic N) is 1. The zero-order valence-electron chi connectivity index (χ0n) is 8.37. The first-order chi connectivity index (χ1) is 7.66. The smallest absolute Gasteiger partial charge is 0.199 e. The van der Waals surface area contributed by atoms with E-state index in [1.807, 2.05) is 0 Å². The summed E-state index contributed by atoms with van der Waals surface area (Å²) in [6, 6.07) is 0. The van der Waals surface area contributed by atoms with Gasteiger partial charge >= 0.3 is 0 Å². The molecule has 3 nitrogen and oxygen atoms in total. The van der Waals surface area contributed by atoms with Gasteiger partial charge < -0.3 is 10.7 Å². The number of aryl methyl sites for hydroxylation is 1. The van der Waals surface area contributed by atoms with Crippen molar-refractivity contribution in [2.75, 3.05) is 5.73 Å². The third kappa shape index (κ3) is 1.41. The maximum absolute atomic E-state index is 5.99. The van der Waals surface area contributed by atoms with Gasteiger partial charge in [-0.1, -0.05) is 12.2 Å².